The fourth-order valence-electron chi connectivity index (χ4n) is 7.40. The van der Waals surface area contributed by atoms with E-state index in [1.165, 1.54) is 22.9 Å². The quantitative estimate of drug-likeness (QED) is 0.194. The number of para-hydroxylation sites is 4. The van der Waals surface area contributed by atoms with Gasteiger partial charge in [0.05, 0.1) is 33.3 Å². The van der Waals surface area contributed by atoms with Gasteiger partial charge in [-0.05, 0) is 72.8 Å². The molecule has 49 heavy (non-hydrogen) atoms. The molecule has 0 N–H and O–H groups in total. The Balaban J connectivity index is 1.17. The predicted octanol–water partition coefficient (Wildman–Crippen LogP) is 11.3. The number of fused-ring (bicyclic) bond motifs is 7. The fraction of sp³-hybridized carbons (Fsp3) is 0. The van der Waals surface area contributed by atoms with Gasteiger partial charge in [0.1, 0.15) is 5.82 Å². The first-order valence-corrected chi connectivity index (χ1v) is 16.4. The smallest absolute Gasteiger partial charge is 0.160 e. The molecule has 10 aromatic rings. The summed E-state index contributed by atoms with van der Waals surface area (Å²) in [5.41, 5.74) is 10.1. The van der Waals surface area contributed by atoms with E-state index in [-0.39, 0.29) is 5.82 Å². The van der Waals surface area contributed by atoms with Crippen LogP contribution in [0.4, 0.5) is 4.39 Å². The molecule has 0 aliphatic heterocycles. The zero-order valence-corrected chi connectivity index (χ0v) is 26.3. The summed E-state index contributed by atoms with van der Waals surface area (Å²) in [7, 11) is 0. The third kappa shape index (κ3) is 4.29. The van der Waals surface area contributed by atoms with Crippen LogP contribution in [0.3, 0.4) is 0 Å². The van der Waals surface area contributed by atoms with Gasteiger partial charge < -0.3 is 9.13 Å². The maximum atomic E-state index is 13.9. The Hall–Kier alpha value is -6.59. The largest absolute Gasteiger partial charge is 0.309 e. The fourth-order valence-corrected chi connectivity index (χ4v) is 7.40. The standard InChI is InChI=1S/C44H27FN4/c45-30-21-23-31(24-22-30)48-41-19-8-4-14-35(41)37-27-28(20-25-42(37)48)43-36-15-1-5-16-38(36)46-44(47-43)29-10-9-11-32(26-29)49-39-17-6-2-12-33(39)34-13-3-7-18-40(34)49/h1-27H. The Morgan fingerprint density at radius 1 is 0.388 bits per heavy atom. The van der Waals surface area contributed by atoms with Gasteiger partial charge in [0.2, 0.25) is 0 Å². The van der Waals surface area contributed by atoms with Gasteiger partial charge >= 0.3 is 0 Å². The molecule has 3 aromatic heterocycles. The van der Waals surface area contributed by atoms with Gasteiger partial charge in [-0.15, -0.1) is 0 Å². The van der Waals surface area contributed by atoms with E-state index in [1.54, 1.807) is 0 Å². The summed E-state index contributed by atoms with van der Waals surface area (Å²) < 4.78 is 18.4. The van der Waals surface area contributed by atoms with Gasteiger partial charge in [-0.3, -0.25) is 0 Å². The molecular formula is C44H27FN4. The Morgan fingerprint density at radius 3 is 1.65 bits per heavy atom. The second kappa shape index (κ2) is 10.7. The van der Waals surface area contributed by atoms with Gasteiger partial charge in [0.25, 0.3) is 0 Å². The number of hydrogen-bond donors (Lipinski definition) is 0. The van der Waals surface area contributed by atoms with Crippen LogP contribution in [0.15, 0.2) is 164 Å². The maximum Gasteiger partial charge on any atom is 0.160 e. The lowest BCUT2D eigenvalue weighted by Gasteiger charge is -2.12. The molecule has 0 fully saturated rings. The van der Waals surface area contributed by atoms with Crippen LogP contribution in [-0.4, -0.2) is 19.1 Å². The van der Waals surface area contributed by atoms with Crippen molar-refractivity contribution in [2.45, 2.75) is 0 Å². The Morgan fingerprint density at radius 2 is 0.959 bits per heavy atom. The van der Waals surface area contributed by atoms with Gasteiger partial charge in [-0.1, -0.05) is 91.0 Å². The monoisotopic (exact) mass is 630 g/mol. The van der Waals surface area contributed by atoms with Crippen molar-refractivity contribution in [3.05, 3.63) is 170 Å². The Labute approximate surface area is 281 Å². The Bertz CT molecular complexity index is 2850. The van der Waals surface area contributed by atoms with E-state index in [0.29, 0.717) is 5.82 Å². The first-order valence-electron chi connectivity index (χ1n) is 16.4. The highest BCUT2D eigenvalue weighted by Gasteiger charge is 2.17. The van der Waals surface area contributed by atoms with Gasteiger partial charge in [-0.2, -0.15) is 0 Å². The second-order valence-electron chi connectivity index (χ2n) is 12.4. The topological polar surface area (TPSA) is 35.6 Å². The van der Waals surface area contributed by atoms with Crippen LogP contribution >= 0.6 is 0 Å². The minimum Gasteiger partial charge on any atom is -0.309 e. The molecule has 0 aliphatic carbocycles. The molecule has 230 valence electrons. The van der Waals surface area contributed by atoms with Gasteiger partial charge in [0.15, 0.2) is 5.82 Å². The van der Waals surface area contributed by atoms with E-state index in [2.05, 4.69) is 130 Å². The van der Waals surface area contributed by atoms with Crippen molar-refractivity contribution in [1.82, 2.24) is 19.1 Å². The molecule has 0 bridgehead atoms. The lowest BCUT2D eigenvalue weighted by Crippen LogP contribution is -1.98. The molecule has 0 saturated heterocycles. The average Bonchev–Trinajstić information content (AvgIpc) is 3.67. The zero-order chi connectivity index (χ0) is 32.5. The molecule has 0 radical (unpaired) electrons. The lowest BCUT2D eigenvalue weighted by molar-refractivity contribution is 0.627. The van der Waals surface area contributed by atoms with Crippen molar-refractivity contribution in [2.75, 3.05) is 0 Å². The van der Waals surface area contributed by atoms with Crippen molar-refractivity contribution in [1.29, 1.82) is 0 Å². The maximum absolute atomic E-state index is 13.9. The van der Waals surface area contributed by atoms with Crippen molar-refractivity contribution >= 4 is 54.5 Å². The van der Waals surface area contributed by atoms with E-state index in [1.807, 2.05) is 30.3 Å². The van der Waals surface area contributed by atoms with Crippen LogP contribution in [0.5, 0.6) is 0 Å². The molecule has 0 unspecified atom stereocenters. The molecule has 0 saturated carbocycles. The average molecular weight is 631 g/mol. The number of hydrogen-bond acceptors (Lipinski definition) is 2. The van der Waals surface area contributed by atoms with Crippen molar-refractivity contribution in [3.8, 4) is 34.0 Å². The van der Waals surface area contributed by atoms with Crippen molar-refractivity contribution in [2.24, 2.45) is 0 Å². The summed E-state index contributed by atoms with van der Waals surface area (Å²) in [5, 5.41) is 5.68. The second-order valence-corrected chi connectivity index (χ2v) is 12.4. The third-order valence-electron chi connectivity index (χ3n) is 9.58. The molecule has 0 aliphatic rings. The molecule has 0 amide bonds. The molecule has 10 rings (SSSR count). The highest BCUT2D eigenvalue weighted by Crippen LogP contribution is 2.37. The van der Waals surface area contributed by atoms with Gasteiger partial charge in [0, 0.05) is 49.4 Å². The Kier molecular flexibility index (Phi) is 6.02. The predicted molar refractivity (Wildman–Crippen MR) is 199 cm³/mol. The molecular weight excluding hydrogens is 604 g/mol. The van der Waals surface area contributed by atoms with Crippen LogP contribution in [-0.2, 0) is 0 Å². The van der Waals surface area contributed by atoms with Crippen LogP contribution in [0.2, 0.25) is 0 Å². The molecule has 7 aromatic carbocycles. The number of rotatable bonds is 4. The van der Waals surface area contributed by atoms with Crippen LogP contribution in [0.1, 0.15) is 0 Å². The number of nitrogens with zero attached hydrogens (tertiary/aromatic N) is 4. The number of halogens is 1. The van der Waals surface area contributed by atoms with Crippen LogP contribution in [0.25, 0.3) is 88.5 Å². The molecule has 5 heteroatoms. The van der Waals surface area contributed by atoms with E-state index in [9.17, 15) is 4.39 Å². The zero-order valence-electron chi connectivity index (χ0n) is 26.3. The van der Waals surface area contributed by atoms with Crippen LogP contribution in [0, 0.1) is 5.82 Å². The summed E-state index contributed by atoms with van der Waals surface area (Å²) in [6.45, 7) is 0. The van der Waals surface area contributed by atoms with Crippen molar-refractivity contribution < 1.29 is 4.39 Å². The lowest BCUT2D eigenvalue weighted by atomic mass is 10.0. The highest BCUT2D eigenvalue weighted by molar-refractivity contribution is 6.11. The van der Waals surface area contributed by atoms with E-state index in [4.69, 9.17) is 9.97 Å². The minimum absolute atomic E-state index is 0.251. The third-order valence-corrected chi connectivity index (χ3v) is 9.58. The first-order chi connectivity index (χ1) is 24.2. The summed E-state index contributed by atoms with van der Waals surface area (Å²) in [4.78, 5) is 10.4. The molecule has 0 atom stereocenters. The summed E-state index contributed by atoms with van der Waals surface area (Å²) in [6, 6.07) is 55.4. The normalized spacial score (nSPS) is 11.8. The first kappa shape index (κ1) is 27.5. The number of benzene rings is 7. The minimum atomic E-state index is -0.251. The summed E-state index contributed by atoms with van der Waals surface area (Å²) >= 11 is 0. The van der Waals surface area contributed by atoms with E-state index in [0.717, 1.165) is 71.9 Å². The van der Waals surface area contributed by atoms with E-state index < -0.39 is 0 Å². The molecule has 4 nitrogen and oxygen atoms in total. The summed E-state index contributed by atoms with van der Waals surface area (Å²) in [6.07, 6.45) is 0. The highest BCUT2D eigenvalue weighted by atomic mass is 19.1. The van der Waals surface area contributed by atoms with E-state index >= 15 is 0 Å². The number of aromatic nitrogens is 4. The molecule has 3 heterocycles. The molecule has 0 spiro atoms. The summed E-state index contributed by atoms with van der Waals surface area (Å²) in [5.74, 6) is 0.420. The SMILES string of the molecule is Fc1ccc(-n2c3ccccc3c3cc(-c4nc(-c5cccc(-n6c7ccccc7c7ccccc76)c5)nc5ccccc45)ccc32)cc1. The van der Waals surface area contributed by atoms with Crippen molar-refractivity contribution in [3.63, 3.8) is 0 Å². The van der Waals surface area contributed by atoms with Crippen LogP contribution < -0.4 is 0 Å². The van der Waals surface area contributed by atoms with Gasteiger partial charge in [-0.25, -0.2) is 14.4 Å².